The van der Waals surface area contributed by atoms with Gasteiger partial charge in [0.2, 0.25) is 5.91 Å². The zero-order valence-electron chi connectivity index (χ0n) is 9.80. The van der Waals surface area contributed by atoms with E-state index in [4.69, 9.17) is 28.9 Å². The third-order valence-corrected chi connectivity index (χ3v) is 3.50. The molecule has 1 amide bonds. The van der Waals surface area contributed by atoms with Gasteiger partial charge >= 0.3 is 0 Å². The molecule has 0 heterocycles. The van der Waals surface area contributed by atoms with Crippen LogP contribution in [0, 0.1) is 5.92 Å². The zero-order valence-corrected chi connectivity index (χ0v) is 11.3. The summed E-state index contributed by atoms with van der Waals surface area (Å²) in [4.78, 5) is 11.4. The first-order valence-corrected chi connectivity index (χ1v) is 6.59. The Morgan fingerprint density at radius 3 is 2.61 bits per heavy atom. The number of anilines is 2. The summed E-state index contributed by atoms with van der Waals surface area (Å²) < 4.78 is 0. The Labute approximate surface area is 116 Å². The first kappa shape index (κ1) is 13.3. The van der Waals surface area contributed by atoms with E-state index in [9.17, 15) is 4.79 Å². The second-order valence-electron chi connectivity index (χ2n) is 4.35. The Hall–Kier alpha value is -1.13. The summed E-state index contributed by atoms with van der Waals surface area (Å²) >= 11 is 11.7. The number of rotatable bonds is 5. The van der Waals surface area contributed by atoms with Crippen LogP contribution in [0.4, 0.5) is 11.4 Å². The van der Waals surface area contributed by atoms with Gasteiger partial charge in [-0.3, -0.25) is 4.79 Å². The summed E-state index contributed by atoms with van der Waals surface area (Å²) in [6, 6.07) is 3.29. The van der Waals surface area contributed by atoms with E-state index in [0.29, 0.717) is 28.8 Å². The van der Waals surface area contributed by atoms with Gasteiger partial charge in [0.05, 0.1) is 21.4 Å². The van der Waals surface area contributed by atoms with Crippen molar-refractivity contribution in [2.45, 2.75) is 12.8 Å². The SMILES string of the molecule is Nc1cc(Cl)c(Cl)cc1NCCNC(=O)C1CC1. The minimum Gasteiger partial charge on any atom is -0.397 e. The maximum atomic E-state index is 11.4. The third kappa shape index (κ3) is 3.43. The van der Waals surface area contributed by atoms with Crippen LogP contribution in [0.5, 0.6) is 0 Å². The highest BCUT2D eigenvalue weighted by atomic mass is 35.5. The van der Waals surface area contributed by atoms with Gasteiger partial charge in [-0.2, -0.15) is 0 Å². The fourth-order valence-corrected chi connectivity index (χ4v) is 1.92. The molecule has 1 aliphatic carbocycles. The monoisotopic (exact) mass is 287 g/mol. The molecule has 1 saturated carbocycles. The second-order valence-corrected chi connectivity index (χ2v) is 5.16. The lowest BCUT2D eigenvalue weighted by atomic mass is 10.2. The number of carbonyl (C=O) groups excluding carboxylic acids is 1. The highest BCUT2D eigenvalue weighted by Crippen LogP contribution is 2.30. The molecular formula is C12H15Cl2N3O. The molecule has 98 valence electrons. The summed E-state index contributed by atoms with van der Waals surface area (Å²) in [5, 5.41) is 6.86. The van der Waals surface area contributed by atoms with Crippen molar-refractivity contribution in [3.8, 4) is 0 Å². The number of hydrogen-bond acceptors (Lipinski definition) is 3. The Kier molecular flexibility index (Phi) is 4.19. The lowest BCUT2D eigenvalue weighted by Crippen LogP contribution is -2.29. The summed E-state index contributed by atoms with van der Waals surface area (Å²) in [6.07, 6.45) is 2.03. The number of amides is 1. The summed E-state index contributed by atoms with van der Waals surface area (Å²) in [7, 11) is 0. The predicted octanol–water partition coefficient (Wildman–Crippen LogP) is 2.51. The normalized spacial score (nSPS) is 14.3. The largest absolute Gasteiger partial charge is 0.397 e. The van der Waals surface area contributed by atoms with E-state index in [1.165, 1.54) is 0 Å². The van der Waals surface area contributed by atoms with Crippen molar-refractivity contribution in [1.29, 1.82) is 0 Å². The van der Waals surface area contributed by atoms with Crippen LogP contribution in [0.3, 0.4) is 0 Å². The second kappa shape index (κ2) is 5.67. The molecule has 0 unspecified atom stereocenters. The van der Waals surface area contributed by atoms with E-state index >= 15 is 0 Å². The average molecular weight is 288 g/mol. The molecular weight excluding hydrogens is 273 g/mol. The number of carbonyl (C=O) groups is 1. The first-order chi connectivity index (χ1) is 8.58. The fourth-order valence-electron chi connectivity index (χ4n) is 1.59. The Morgan fingerprint density at radius 1 is 1.28 bits per heavy atom. The van der Waals surface area contributed by atoms with Crippen molar-refractivity contribution in [1.82, 2.24) is 5.32 Å². The maximum Gasteiger partial charge on any atom is 0.223 e. The number of benzene rings is 1. The number of halogens is 2. The molecule has 0 saturated heterocycles. The molecule has 1 aromatic carbocycles. The van der Waals surface area contributed by atoms with E-state index in [0.717, 1.165) is 18.5 Å². The Balaban J connectivity index is 1.79. The quantitative estimate of drug-likeness (QED) is 0.576. The van der Waals surface area contributed by atoms with Crippen LogP contribution in [0.25, 0.3) is 0 Å². The third-order valence-electron chi connectivity index (χ3n) is 2.78. The summed E-state index contributed by atoms with van der Waals surface area (Å²) in [5.74, 6) is 0.374. The van der Waals surface area contributed by atoms with Gasteiger partial charge in [-0.15, -0.1) is 0 Å². The smallest absolute Gasteiger partial charge is 0.223 e. The minimum absolute atomic E-state index is 0.138. The highest BCUT2D eigenvalue weighted by Gasteiger charge is 2.28. The molecule has 6 heteroatoms. The van der Waals surface area contributed by atoms with Crippen molar-refractivity contribution < 1.29 is 4.79 Å². The van der Waals surface area contributed by atoms with Gasteiger partial charge in [-0.05, 0) is 25.0 Å². The minimum atomic E-state index is 0.138. The highest BCUT2D eigenvalue weighted by molar-refractivity contribution is 6.42. The van der Waals surface area contributed by atoms with Crippen LogP contribution >= 0.6 is 23.2 Å². The van der Waals surface area contributed by atoms with Gasteiger partial charge in [0.15, 0.2) is 0 Å². The van der Waals surface area contributed by atoms with Crippen molar-refractivity contribution in [2.24, 2.45) is 5.92 Å². The van der Waals surface area contributed by atoms with Crippen molar-refractivity contribution >= 4 is 40.5 Å². The van der Waals surface area contributed by atoms with Crippen LogP contribution in [0.15, 0.2) is 12.1 Å². The molecule has 0 spiro atoms. The van der Waals surface area contributed by atoms with E-state index in [-0.39, 0.29) is 11.8 Å². The zero-order chi connectivity index (χ0) is 13.1. The lowest BCUT2D eigenvalue weighted by molar-refractivity contribution is -0.122. The molecule has 0 aliphatic heterocycles. The molecule has 1 aliphatic rings. The van der Waals surface area contributed by atoms with Gasteiger partial charge in [0.25, 0.3) is 0 Å². The van der Waals surface area contributed by atoms with Crippen LogP contribution in [0.2, 0.25) is 10.0 Å². The average Bonchev–Trinajstić information content (AvgIpc) is 3.14. The molecule has 0 bridgehead atoms. The number of nitrogens with one attached hydrogen (secondary N) is 2. The van der Waals surface area contributed by atoms with Gasteiger partial charge in [-0.1, -0.05) is 23.2 Å². The molecule has 2 rings (SSSR count). The molecule has 4 N–H and O–H groups in total. The topological polar surface area (TPSA) is 67.2 Å². The Morgan fingerprint density at radius 2 is 1.94 bits per heavy atom. The van der Waals surface area contributed by atoms with Crippen molar-refractivity contribution in [3.05, 3.63) is 22.2 Å². The molecule has 0 atom stereocenters. The van der Waals surface area contributed by atoms with Crippen LogP contribution in [-0.2, 0) is 4.79 Å². The molecule has 1 aromatic rings. The number of nitrogens with two attached hydrogens (primary N) is 1. The molecule has 4 nitrogen and oxygen atoms in total. The van der Waals surface area contributed by atoms with E-state index < -0.39 is 0 Å². The van der Waals surface area contributed by atoms with Gasteiger partial charge in [0, 0.05) is 19.0 Å². The number of nitrogen functional groups attached to an aromatic ring is 1. The predicted molar refractivity (Wildman–Crippen MR) is 75.1 cm³/mol. The standard InChI is InChI=1S/C12H15Cl2N3O/c13-8-5-10(15)11(6-9(8)14)16-3-4-17-12(18)7-1-2-7/h5-7,16H,1-4,15H2,(H,17,18). The summed E-state index contributed by atoms with van der Waals surface area (Å²) in [6.45, 7) is 1.16. The number of hydrogen-bond donors (Lipinski definition) is 3. The Bertz CT molecular complexity index is 461. The molecule has 18 heavy (non-hydrogen) atoms. The summed E-state index contributed by atoms with van der Waals surface area (Å²) in [5.41, 5.74) is 7.06. The lowest BCUT2D eigenvalue weighted by Gasteiger charge is -2.11. The van der Waals surface area contributed by atoms with Crippen LogP contribution < -0.4 is 16.4 Å². The van der Waals surface area contributed by atoms with Crippen LogP contribution in [0.1, 0.15) is 12.8 Å². The molecule has 1 fully saturated rings. The maximum absolute atomic E-state index is 11.4. The van der Waals surface area contributed by atoms with E-state index in [1.807, 2.05) is 0 Å². The van der Waals surface area contributed by atoms with Crippen LogP contribution in [-0.4, -0.2) is 19.0 Å². The van der Waals surface area contributed by atoms with Gasteiger partial charge in [-0.25, -0.2) is 0 Å². The van der Waals surface area contributed by atoms with Crippen molar-refractivity contribution in [2.75, 3.05) is 24.1 Å². The van der Waals surface area contributed by atoms with Gasteiger partial charge in [0.1, 0.15) is 0 Å². The first-order valence-electron chi connectivity index (χ1n) is 5.84. The molecule has 0 aromatic heterocycles. The fraction of sp³-hybridized carbons (Fsp3) is 0.417. The van der Waals surface area contributed by atoms with E-state index in [2.05, 4.69) is 10.6 Å². The molecule has 0 radical (unpaired) electrons. The van der Waals surface area contributed by atoms with Gasteiger partial charge < -0.3 is 16.4 Å². The van der Waals surface area contributed by atoms with Crippen molar-refractivity contribution in [3.63, 3.8) is 0 Å². The van der Waals surface area contributed by atoms with E-state index in [1.54, 1.807) is 12.1 Å².